The van der Waals surface area contributed by atoms with Crippen molar-refractivity contribution in [2.75, 3.05) is 11.1 Å². The van der Waals surface area contributed by atoms with Gasteiger partial charge in [-0.2, -0.15) is 0 Å². The summed E-state index contributed by atoms with van der Waals surface area (Å²) in [4.78, 5) is 16.9. The van der Waals surface area contributed by atoms with Crippen LogP contribution in [0, 0.1) is 6.92 Å². The standard InChI is InChI=1S/C23H26N2OS/c1-3-4-7-18-10-12-19(13-11-18)24-22(26)14-15-27-23-16-17(2)20-8-5-6-9-21(20)25-23/h5-6,8-13,16H,3-4,7,14-15H2,1-2H3,(H,24,26). The van der Waals surface area contributed by atoms with E-state index >= 15 is 0 Å². The molecule has 0 unspecified atom stereocenters. The van der Waals surface area contributed by atoms with Crippen molar-refractivity contribution in [3.8, 4) is 0 Å². The number of fused-ring (bicyclic) bond motifs is 1. The Morgan fingerprint density at radius 1 is 1.11 bits per heavy atom. The van der Waals surface area contributed by atoms with E-state index in [9.17, 15) is 4.79 Å². The predicted molar refractivity (Wildman–Crippen MR) is 116 cm³/mol. The normalized spacial score (nSPS) is 10.9. The molecule has 3 rings (SSSR count). The zero-order chi connectivity index (χ0) is 19.1. The molecule has 0 bridgehead atoms. The van der Waals surface area contributed by atoms with Gasteiger partial charge in [-0.15, -0.1) is 11.8 Å². The van der Waals surface area contributed by atoms with E-state index in [1.165, 1.54) is 29.4 Å². The lowest BCUT2D eigenvalue weighted by molar-refractivity contribution is -0.115. The van der Waals surface area contributed by atoms with Gasteiger partial charge in [-0.3, -0.25) is 4.79 Å². The molecule has 1 heterocycles. The van der Waals surface area contributed by atoms with Crippen molar-refractivity contribution in [2.24, 2.45) is 0 Å². The quantitative estimate of drug-likeness (QED) is 0.488. The zero-order valence-electron chi connectivity index (χ0n) is 16.0. The van der Waals surface area contributed by atoms with Gasteiger partial charge in [0.1, 0.15) is 0 Å². The molecule has 4 heteroatoms. The number of para-hydroxylation sites is 1. The first-order valence-electron chi connectivity index (χ1n) is 9.53. The van der Waals surface area contributed by atoms with Gasteiger partial charge < -0.3 is 5.32 Å². The molecule has 0 spiro atoms. The molecule has 0 atom stereocenters. The van der Waals surface area contributed by atoms with Crippen molar-refractivity contribution >= 4 is 34.3 Å². The average molecular weight is 379 g/mol. The second-order valence-corrected chi connectivity index (χ2v) is 7.86. The van der Waals surface area contributed by atoms with Gasteiger partial charge in [-0.05, 0) is 55.2 Å². The highest BCUT2D eigenvalue weighted by Crippen LogP contribution is 2.24. The van der Waals surface area contributed by atoms with Crippen molar-refractivity contribution in [3.63, 3.8) is 0 Å². The Morgan fingerprint density at radius 2 is 1.89 bits per heavy atom. The highest BCUT2D eigenvalue weighted by Gasteiger charge is 2.06. The maximum Gasteiger partial charge on any atom is 0.225 e. The van der Waals surface area contributed by atoms with E-state index in [0.29, 0.717) is 12.2 Å². The van der Waals surface area contributed by atoms with Crippen LogP contribution in [0.15, 0.2) is 59.6 Å². The summed E-state index contributed by atoms with van der Waals surface area (Å²) >= 11 is 1.63. The Bertz CT molecular complexity index is 906. The molecule has 3 nitrogen and oxygen atoms in total. The molecule has 0 aliphatic heterocycles. The van der Waals surface area contributed by atoms with Gasteiger partial charge in [0.05, 0.1) is 10.5 Å². The Kier molecular flexibility index (Phi) is 6.88. The van der Waals surface area contributed by atoms with Crippen LogP contribution in [-0.2, 0) is 11.2 Å². The molecule has 0 aliphatic rings. The van der Waals surface area contributed by atoms with Gasteiger partial charge in [-0.25, -0.2) is 4.98 Å². The molecule has 0 saturated carbocycles. The predicted octanol–water partition coefficient (Wildman–Crippen LogP) is 6.01. The number of thioether (sulfide) groups is 1. The minimum absolute atomic E-state index is 0.0429. The van der Waals surface area contributed by atoms with Crippen molar-refractivity contribution < 1.29 is 4.79 Å². The number of rotatable bonds is 8. The second kappa shape index (κ2) is 9.56. The molecule has 140 valence electrons. The number of unbranched alkanes of at least 4 members (excludes halogenated alkanes) is 1. The summed E-state index contributed by atoms with van der Waals surface area (Å²) in [6.07, 6.45) is 3.96. The van der Waals surface area contributed by atoms with E-state index in [1.807, 2.05) is 30.3 Å². The number of aromatic nitrogens is 1. The first-order valence-corrected chi connectivity index (χ1v) is 10.5. The fourth-order valence-corrected chi connectivity index (χ4v) is 3.92. The van der Waals surface area contributed by atoms with Crippen molar-refractivity contribution in [1.82, 2.24) is 4.98 Å². The molecule has 0 aliphatic carbocycles. The molecular formula is C23H26N2OS. The zero-order valence-corrected chi connectivity index (χ0v) is 16.8. The number of anilines is 1. The monoisotopic (exact) mass is 378 g/mol. The third-order valence-corrected chi connectivity index (χ3v) is 5.45. The van der Waals surface area contributed by atoms with Crippen LogP contribution in [0.5, 0.6) is 0 Å². The summed E-state index contributed by atoms with van der Waals surface area (Å²) in [6.45, 7) is 4.30. The number of hydrogen-bond acceptors (Lipinski definition) is 3. The highest BCUT2D eigenvalue weighted by molar-refractivity contribution is 7.99. The Hall–Kier alpha value is -2.33. The summed E-state index contributed by atoms with van der Waals surface area (Å²) in [6, 6.07) is 18.4. The molecule has 2 aromatic carbocycles. The summed E-state index contributed by atoms with van der Waals surface area (Å²) in [5.41, 5.74) is 4.41. The molecule has 1 amide bonds. The lowest BCUT2D eigenvalue weighted by atomic mass is 10.1. The van der Waals surface area contributed by atoms with Crippen LogP contribution in [0.25, 0.3) is 10.9 Å². The number of nitrogens with one attached hydrogen (secondary N) is 1. The van der Waals surface area contributed by atoms with E-state index < -0.39 is 0 Å². The van der Waals surface area contributed by atoms with Crippen LogP contribution in [0.4, 0.5) is 5.69 Å². The van der Waals surface area contributed by atoms with E-state index in [0.717, 1.165) is 22.7 Å². The Morgan fingerprint density at radius 3 is 2.67 bits per heavy atom. The average Bonchev–Trinajstić information content (AvgIpc) is 2.67. The summed E-state index contributed by atoms with van der Waals surface area (Å²) < 4.78 is 0. The number of pyridine rings is 1. The number of amides is 1. The number of benzene rings is 2. The molecular weight excluding hydrogens is 352 g/mol. The molecule has 27 heavy (non-hydrogen) atoms. The summed E-state index contributed by atoms with van der Waals surface area (Å²) in [5, 5.41) is 5.13. The molecule has 0 saturated heterocycles. The van der Waals surface area contributed by atoms with Gasteiger partial charge in [0.2, 0.25) is 5.91 Å². The largest absolute Gasteiger partial charge is 0.326 e. The van der Waals surface area contributed by atoms with E-state index in [2.05, 4.69) is 48.4 Å². The van der Waals surface area contributed by atoms with Crippen LogP contribution in [0.3, 0.4) is 0 Å². The van der Waals surface area contributed by atoms with Crippen molar-refractivity contribution in [1.29, 1.82) is 0 Å². The van der Waals surface area contributed by atoms with Crippen LogP contribution >= 0.6 is 11.8 Å². The van der Waals surface area contributed by atoms with Gasteiger partial charge >= 0.3 is 0 Å². The van der Waals surface area contributed by atoms with Crippen molar-refractivity contribution in [3.05, 3.63) is 65.7 Å². The van der Waals surface area contributed by atoms with Gasteiger partial charge in [0, 0.05) is 23.2 Å². The smallest absolute Gasteiger partial charge is 0.225 e. The van der Waals surface area contributed by atoms with Crippen LogP contribution < -0.4 is 5.32 Å². The lowest BCUT2D eigenvalue weighted by Gasteiger charge is -2.08. The third-order valence-electron chi connectivity index (χ3n) is 4.54. The number of aryl methyl sites for hydroxylation is 2. The summed E-state index contributed by atoms with van der Waals surface area (Å²) in [7, 11) is 0. The SMILES string of the molecule is CCCCc1ccc(NC(=O)CCSc2cc(C)c3ccccc3n2)cc1. The molecule has 1 aromatic heterocycles. The van der Waals surface area contributed by atoms with E-state index in [-0.39, 0.29) is 5.91 Å². The van der Waals surface area contributed by atoms with Gasteiger partial charge in [0.25, 0.3) is 0 Å². The molecule has 3 aromatic rings. The number of hydrogen-bond donors (Lipinski definition) is 1. The highest BCUT2D eigenvalue weighted by atomic mass is 32.2. The Labute approximate surface area is 165 Å². The minimum atomic E-state index is 0.0429. The van der Waals surface area contributed by atoms with Crippen LogP contribution in [0.1, 0.15) is 37.3 Å². The molecule has 0 radical (unpaired) electrons. The van der Waals surface area contributed by atoms with E-state index in [1.54, 1.807) is 11.8 Å². The topological polar surface area (TPSA) is 42.0 Å². The van der Waals surface area contributed by atoms with Gasteiger partial charge in [0.15, 0.2) is 0 Å². The first-order chi connectivity index (χ1) is 13.2. The molecule has 0 fully saturated rings. The van der Waals surface area contributed by atoms with Crippen molar-refractivity contribution in [2.45, 2.75) is 44.6 Å². The third kappa shape index (κ3) is 5.57. The van der Waals surface area contributed by atoms with Gasteiger partial charge in [-0.1, -0.05) is 43.7 Å². The van der Waals surface area contributed by atoms with E-state index in [4.69, 9.17) is 0 Å². The summed E-state index contributed by atoms with van der Waals surface area (Å²) in [5.74, 6) is 0.756. The van der Waals surface area contributed by atoms with Crippen LogP contribution in [-0.4, -0.2) is 16.6 Å². The lowest BCUT2D eigenvalue weighted by Crippen LogP contribution is -2.12. The fourth-order valence-electron chi connectivity index (χ4n) is 3.00. The molecule has 1 N–H and O–H groups in total. The fraction of sp³-hybridized carbons (Fsp3) is 0.304. The maximum atomic E-state index is 12.2. The number of nitrogens with zero attached hydrogens (tertiary/aromatic N) is 1. The Balaban J connectivity index is 1.49. The number of carbonyl (C=O) groups is 1. The minimum Gasteiger partial charge on any atom is -0.326 e. The second-order valence-electron chi connectivity index (χ2n) is 6.74. The first kappa shape index (κ1) is 19.4. The maximum absolute atomic E-state index is 12.2. The van der Waals surface area contributed by atoms with Crippen LogP contribution in [0.2, 0.25) is 0 Å². The number of carbonyl (C=O) groups excluding carboxylic acids is 1.